The van der Waals surface area contributed by atoms with Crippen LogP contribution < -0.4 is 10.5 Å². The van der Waals surface area contributed by atoms with E-state index in [0.29, 0.717) is 30.7 Å². The van der Waals surface area contributed by atoms with E-state index in [1.54, 1.807) is 6.07 Å². The van der Waals surface area contributed by atoms with E-state index in [1.165, 1.54) is 12.4 Å². The fraction of sp³-hybridized carbons (Fsp3) is 0.294. The van der Waals surface area contributed by atoms with E-state index in [-0.39, 0.29) is 11.1 Å². The molecule has 0 amide bonds. The Labute approximate surface area is 147 Å². The Morgan fingerprint density at radius 2 is 2.19 bits per heavy atom. The topological polar surface area (TPSA) is 118 Å². The number of nitro groups is 1. The van der Waals surface area contributed by atoms with Crippen molar-refractivity contribution in [1.29, 1.82) is 0 Å². The first kappa shape index (κ1) is 16.1. The van der Waals surface area contributed by atoms with Gasteiger partial charge in [-0.25, -0.2) is 15.0 Å². The van der Waals surface area contributed by atoms with Crippen molar-refractivity contribution in [1.82, 2.24) is 19.9 Å². The average molecular weight is 352 g/mol. The third kappa shape index (κ3) is 2.67. The van der Waals surface area contributed by atoms with Gasteiger partial charge in [-0.1, -0.05) is 6.92 Å². The Hall–Kier alpha value is -3.36. The number of nitrogens with zero attached hydrogens (tertiary/aromatic N) is 5. The second-order valence-electron chi connectivity index (χ2n) is 6.13. The van der Waals surface area contributed by atoms with Gasteiger partial charge in [0.1, 0.15) is 11.5 Å². The molecule has 9 heteroatoms. The molecular weight excluding hydrogens is 336 g/mol. The summed E-state index contributed by atoms with van der Waals surface area (Å²) < 4.78 is 0. The standard InChI is InChI=1S/C17H16N6O3/c1-2-16-18-7-10-3-4-22(8-13(10)21-16)14-6-12-11(5-15(14)23(25)26)17(24)20-9-19-12/h5-7,9H,2-4,8H2,1H3,(H,19,20,24). The van der Waals surface area contributed by atoms with Crippen molar-refractivity contribution in [2.24, 2.45) is 0 Å². The van der Waals surface area contributed by atoms with Crippen LogP contribution in [0.1, 0.15) is 24.0 Å². The van der Waals surface area contributed by atoms with E-state index in [0.717, 1.165) is 23.5 Å². The highest BCUT2D eigenvalue weighted by atomic mass is 16.6. The number of aryl methyl sites for hydroxylation is 1. The van der Waals surface area contributed by atoms with Crippen molar-refractivity contribution in [2.75, 3.05) is 11.4 Å². The van der Waals surface area contributed by atoms with Gasteiger partial charge < -0.3 is 9.88 Å². The van der Waals surface area contributed by atoms with Crippen LogP contribution in [0.5, 0.6) is 0 Å². The van der Waals surface area contributed by atoms with Crippen LogP contribution in [0.15, 0.2) is 29.5 Å². The quantitative estimate of drug-likeness (QED) is 0.563. The lowest BCUT2D eigenvalue weighted by Gasteiger charge is -2.29. The number of fused-ring (bicyclic) bond motifs is 2. The molecule has 1 aliphatic rings. The van der Waals surface area contributed by atoms with E-state index in [2.05, 4.69) is 19.9 Å². The summed E-state index contributed by atoms with van der Waals surface area (Å²) in [5.74, 6) is 0.756. The van der Waals surface area contributed by atoms with Gasteiger partial charge >= 0.3 is 0 Å². The summed E-state index contributed by atoms with van der Waals surface area (Å²) >= 11 is 0. The van der Waals surface area contributed by atoms with Crippen LogP contribution >= 0.6 is 0 Å². The number of hydrogen-bond acceptors (Lipinski definition) is 7. The van der Waals surface area contributed by atoms with E-state index >= 15 is 0 Å². The maximum Gasteiger partial charge on any atom is 0.293 e. The van der Waals surface area contributed by atoms with E-state index < -0.39 is 10.5 Å². The molecule has 0 saturated carbocycles. The molecule has 3 heterocycles. The summed E-state index contributed by atoms with van der Waals surface area (Å²) in [4.78, 5) is 40.4. The number of nitrogens with one attached hydrogen (secondary N) is 1. The monoisotopic (exact) mass is 352 g/mol. The van der Waals surface area contributed by atoms with Gasteiger partial charge in [0, 0.05) is 25.2 Å². The van der Waals surface area contributed by atoms with Gasteiger partial charge in [0.05, 0.1) is 34.4 Å². The number of aromatic amines is 1. The van der Waals surface area contributed by atoms with Gasteiger partial charge in [-0.2, -0.15) is 0 Å². The molecule has 2 aromatic heterocycles. The molecule has 1 N–H and O–H groups in total. The molecule has 26 heavy (non-hydrogen) atoms. The Kier molecular flexibility index (Phi) is 3.83. The highest BCUT2D eigenvalue weighted by molar-refractivity contribution is 5.87. The molecule has 132 valence electrons. The normalized spacial score (nSPS) is 13.7. The Balaban J connectivity index is 1.82. The largest absolute Gasteiger partial charge is 0.360 e. The van der Waals surface area contributed by atoms with Crippen LogP contribution in [0.25, 0.3) is 10.9 Å². The van der Waals surface area contributed by atoms with Crippen LogP contribution in [-0.4, -0.2) is 31.4 Å². The zero-order valence-corrected chi connectivity index (χ0v) is 14.1. The second-order valence-corrected chi connectivity index (χ2v) is 6.13. The molecule has 0 unspecified atom stereocenters. The molecule has 0 aliphatic carbocycles. The first-order valence-electron chi connectivity index (χ1n) is 8.31. The van der Waals surface area contributed by atoms with Crippen molar-refractivity contribution in [3.8, 4) is 0 Å². The van der Waals surface area contributed by atoms with Crippen LogP contribution in [0.3, 0.4) is 0 Å². The molecule has 1 aliphatic heterocycles. The van der Waals surface area contributed by atoms with Gasteiger partial charge in [-0.15, -0.1) is 0 Å². The molecule has 1 aromatic carbocycles. The number of rotatable bonds is 3. The molecule has 0 radical (unpaired) electrons. The number of hydrogen-bond donors (Lipinski definition) is 1. The fourth-order valence-electron chi connectivity index (χ4n) is 3.21. The minimum absolute atomic E-state index is 0.107. The second kappa shape index (κ2) is 6.17. The summed E-state index contributed by atoms with van der Waals surface area (Å²) in [6, 6.07) is 2.90. The third-order valence-corrected chi connectivity index (χ3v) is 4.59. The molecule has 3 aromatic rings. The van der Waals surface area contributed by atoms with Crippen molar-refractivity contribution in [2.45, 2.75) is 26.3 Å². The Bertz CT molecular complexity index is 1080. The lowest BCUT2D eigenvalue weighted by atomic mass is 10.0. The summed E-state index contributed by atoms with van der Waals surface area (Å²) in [6.07, 6.45) is 4.58. The van der Waals surface area contributed by atoms with E-state index in [9.17, 15) is 14.9 Å². The number of aromatic nitrogens is 4. The number of H-pyrrole nitrogens is 1. The highest BCUT2D eigenvalue weighted by Gasteiger charge is 2.26. The lowest BCUT2D eigenvalue weighted by molar-refractivity contribution is -0.384. The van der Waals surface area contributed by atoms with Gasteiger partial charge in [0.15, 0.2) is 0 Å². The van der Waals surface area contributed by atoms with Crippen LogP contribution in [0, 0.1) is 10.1 Å². The molecular formula is C17H16N6O3. The molecule has 9 nitrogen and oxygen atoms in total. The highest BCUT2D eigenvalue weighted by Crippen LogP contribution is 2.34. The zero-order chi connectivity index (χ0) is 18.3. The molecule has 0 saturated heterocycles. The Morgan fingerprint density at radius 1 is 1.35 bits per heavy atom. The first-order chi connectivity index (χ1) is 12.6. The Morgan fingerprint density at radius 3 is 2.96 bits per heavy atom. The summed E-state index contributed by atoms with van der Waals surface area (Å²) in [7, 11) is 0. The maximum absolute atomic E-state index is 11.9. The molecule has 0 atom stereocenters. The maximum atomic E-state index is 11.9. The summed E-state index contributed by atoms with van der Waals surface area (Å²) in [5, 5.41) is 11.8. The van der Waals surface area contributed by atoms with Crippen LogP contribution in [0.4, 0.5) is 11.4 Å². The van der Waals surface area contributed by atoms with Gasteiger partial charge in [0.2, 0.25) is 0 Å². The van der Waals surface area contributed by atoms with Crippen molar-refractivity contribution in [3.05, 3.63) is 62.2 Å². The van der Waals surface area contributed by atoms with Crippen molar-refractivity contribution < 1.29 is 4.92 Å². The van der Waals surface area contributed by atoms with Crippen molar-refractivity contribution in [3.63, 3.8) is 0 Å². The third-order valence-electron chi connectivity index (χ3n) is 4.59. The van der Waals surface area contributed by atoms with E-state index in [1.807, 2.05) is 18.0 Å². The smallest absolute Gasteiger partial charge is 0.293 e. The lowest BCUT2D eigenvalue weighted by Crippen LogP contribution is -2.32. The predicted molar refractivity (Wildman–Crippen MR) is 95.2 cm³/mol. The molecule has 0 fully saturated rings. The number of benzene rings is 1. The van der Waals surface area contributed by atoms with Crippen molar-refractivity contribution >= 4 is 22.3 Å². The van der Waals surface area contributed by atoms with Gasteiger partial charge in [-0.05, 0) is 18.1 Å². The predicted octanol–water partition coefficient (Wildman–Crippen LogP) is 1.75. The molecule has 0 bridgehead atoms. The number of nitro benzene ring substituents is 1. The van der Waals surface area contributed by atoms with E-state index in [4.69, 9.17) is 0 Å². The SMILES string of the molecule is CCc1ncc2c(n1)CN(c1cc3nc[nH]c(=O)c3cc1[N+](=O)[O-])CC2. The van der Waals surface area contributed by atoms with Gasteiger partial charge in [-0.3, -0.25) is 14.9 Å². The first-order valence-corrected chi connectivity index (χ1v) is 8.31. The fourth-order valence-corrected chi connectivity index (χ4v) is 3.21. The minimum Gasteiger partial charge on any atom is -0.360 e. The average Bonchev–Trinajstić information content (AvgIpc) is 2.66. The van der Waals surface area contributed by atoms with Crippen LogP contribution in [-0.2, 0) is 19.4 Å². The zero-order valence-electron chi connectivity index (χ0n) is 14.1. The minimum atomic E-state index is -0.464. The van der Waals surface area contributed by atoms with Crippen LogP contribution in [0.2, 0.25) is 0 Å². The van der Waals surface area contributed by atoms with Gasteiger partial charge in [0.25, 0.3) is 11.2 Å². The molecule has 4 rings (SSSR count). The number of anilines is 1. The summed E-state index contributed by atoms with van der Waals surface area (Å²) in [5.41, 5.74) is 2.33. The molecule has 0 spiro atoms. The summed E-state index contributed by atoms with van der Waals surface area (Å²) in [6.45, 7) is 3.05.